The number of halogens is 1. The number of rotatable bonds is 3. The summed E-state index contributed by atoms with van der Waals surface area (Å²) in [6.45, 7) is 0.339. The van der Waals surface area contributed by atoms with Crippen LogP contribution in [0.4, 0.5) is 10.2 Å². The zero-order valence-electron chi connectivity index (χ0n) is 12.0. The summed E-state index contributed by atoms with van der Waals surface area (Å²) in [5, 5.41) is 10.8. The van der Waals surface area contributed by atoms with Crippen LogP contribution in [0.15, 0.2) is 30.5 Å². The molecule has 1 aliphatic heterocycles. The van der Waals surface area contributed by atoms with Gasteiger partial charge in [-0.3, -0.25) is 5.21 Å². The smallest absolute Gasteiger partial charge is 0.169 e. The monoisotopic (exact) mass is 305 g/mol. The second-order valence-corrected chi connectivity index (χ2v) is 5.10. The Balaban J connectivity index is 1.89. The minimum atomic E-state index is -0.408. The van der Waals surface area contributed by atoms with Gasteiger partial charge in [0.15, 0.2) is 17.3 Å². The van der Waals surface area contributed by atoms with Crippen molar-refractivity contribution in [3.05, 3.63) is 41.8 Å². The maximum atomic E-state index is 13.2. The summed E-state index contributed by atoms with van der Waals surface area (Å²) < 4.78 is 24.0. The van der Waals surface area contributed by atoms with E-state index in [9.17, 15) is 9.60 Å². The Morgan fingerprint density at radius 1 is 1.36 bits per heavy atom. The first-order chi connectivity index (χ1) is 10.6. The van der Waals surface area contributed by atoms with E-state index in [2.05, 4.69) is 4.98 Å². The van der Waals surface area contributed by atoms with Crippen molar-refractivity contribution < 1.29 is 19.1 Å². The van der Waals surface area contributed by atoms with E-state index in [-0.39, 0.29) is 6.04 Å². The molecule has 1 aromatic carbocycles. The summed E-state index contributed by atoms with van der Waals surface area (Å²) in [7, 11) is 1.44. The molecular formula is C15H16FN3O3. The molecule has 0 unspecified atom stereocenters. The van der Waals surface area contributed by atoms with Gasteiger partial charge in [-0.25, -0.2) is 14.4 Å². The van der Waals surface area contributed by atoms with E-state index >= 15 is 0 Å². The van der Waals surface area contributed by atoms with Crippen LogP contribution in [0.5, 0.6) is 17.2 Å². The molecule has 0 radical (unpaired) electrons. The SMILES string of the molecule is COc1cc(F)ccc1Oc1cnc2c(c1)C[C@H](N)CN2O. The molecule has 1 aromatic heterocycles. The maximum absolute atomic E-state index is 13.2. The summed E-state index contributed by atoms with van der Waals surface area (Å²) in [6.07, 6.45) is 2.08. The highest BCUT2D eigenvalue weighted by molar-refractivity contribution is 5.51. The molecule has 0 saturated carbocycles. The van der Waals surface area contributed by atoms with Gasteiger partial charge in [0.05, 0.1) is 19.9 Å². The number of benzene rings is 1. The van der Waals surface area contributed by atoms with Crippen molar-refractivity contribution in [2.24, 2.45) is 5.73 Å². The Morgan fingerprint density at radius 3 is 2.95 bits per heavy atom. The van der Waals surface area contributed by atoms with Gasteiger partial charge in [-0.15, -0.1) is 0 Å². The number of pyridine rings is 1. The summed E-state index contributed by atoms with van der Waals surface area (Å²) >= 11 is 0. The zero-order chi connectivity index (χ0) is 15.7. The Bertz CT molecular complexity index is 696. The molecule has 0 saturated heterocycles. The van der Waals surface area contributed by atoms with E-state index in [4.69, 9.17) is 15.2 Å². The highest BCUT2D eigenvalue weighted by Crippen LogP contribution is 2.34. The average Bonchev–Trinajstić information content (AvgIpc) is 2.48. The Morgan fingerprint density at radius 2 is 2.18 bits per heavy atom. The number of methoxy groups -OCH3 is 1. The van der Waals surface area contributed by atoms with Crippen LogP contribution in [-0.4, -0.2) is 29.9 Å². The number of ether oxygens (including phenoxy) is 2. The first-order valence-electron chi connectivity index (χ1n) is 6.79. The van der Waals surface area contributed by atoms with Crippen molar-refractivity contribution in [3.8, 4) is 17.2 Å². The van der Waals surface area contributed by atoms with Gasteiger partial charge < -0.3 is 15.2 Å². The molecule has 116 valence electrons. The third-order valence-corrected chi connectivity index (χ3v) is 3.41. The Hall–Kier alpha value is -2.38. The van der Waals surface area contributed by atoms with Crippen molar-refractivity contribution in [2.75, 3.05) is 18.7 Å². The molecule has 1 aliphatic rings. The topological polar surface area (TPSA) is 80.8 Å². The predicted octanol–water partition coefficient (Wildman–Crippen LogP) is 2.10. The summed E-state index contributed by atoms with van der Waals surface area (Å²) in [5.41, 5.74) is 6.66. The number of aromatic nitrogens is 1. The van der Waals surface area contributed by atoms with Crippen molar-refractivity contribution in [1.29, 1.82) is 0 Å². The fourth-order valence-corrected chi connectivity index (χ4v) is 2.43. The van der Waals surface area contributed by atoms with E-state index < -0.39 is 5.82 Å². The van der Waals surface area contributed by atoms with E-state index in [0.29, 0.717) is 36.0 Å². The Labute approximate surface area is 126 Å². The minimum absolute atomic E-state index is 0.171. The summed E-state index contributed by atoms with van der Waals surface area (Å²) in [4.78, 5) is 4.18. The van der Waals surface area contributed by atoms with Gasteiger partial charge in [0.25, 0.3) is 0 Å². The van der Waals surface area contributed by atoms with Gasteiger partial charge >= 0.3 is 0 Å². The Kier molecular flexibility index (Phi) is 3.82. The fraction of sp³-hybridized carbons (Fsp3) is 0.267. The van der Waals surface area contributed by atoms with Crippen LogP contribution in [0.2, 0.25) is 0 Å². The third kappa shape index (κ3) is 2.81. The largest absolute Gasteiger partial charge is 0.493 e. The number of nitrogens with zero attached hydrogens (tertiary/aromatic N) is 2. The molecule has 6 nitrogen and oxygen atoms in total. The normalized spacial score (nSPS) is 17.1. The lowest BCUT2D eigenvalue weighted by Crippen LogP contribution is -2.42. The van der Waals surface area contributed by atoms with Crippen LogP contribution >= 0.6 is 0 Å². The van der Waals surface area contributed by atoms with Gasteiger partial charge in [-0.05, 0) is 24.6 Å². The second-order valence-electron chi connectivity index (χ2n) is 5.10. The number of hydroxylamine groups is 1. The molecule has 0 spiro atoms. The molecule has 22 heavy (non-hydrogen) atoms. The number of hydrogen-bond donors (Lipinski definition) is 2. The zero-order valence-corrected chi connectivity index (χ0v) is 12.0. The molecule has 0 amide bonds. The van der Waals surface area contributed by atoms with Crippen LogP contribution in [0.3, 0.4) is 0 Å². The molecule has 2 heterocycles. The lowest BCUT2D eigenvalue weighted by Gasteiger charge is -2.28. The number of hydrogen-bond acceptors (Lipinski definition) is 6. The molecule has 0 fully saturated rings. The van der Waals surface area contributed by atoms with Gasteiger partial charge in [-0.2, -0.15) is 0 Å². The lowest BCUT2D eigenvalue weighted by atomic mass is 10.0. The fourth-order valence-electron chi connectivity index (χ4n) is 2.43. The molecule has 0 bridgehead atoms. The van der Waals surface area contributed by atoms with Crippen molar-refractivity contribution >= 4 is 5.82 Å². The van der Waals surface area contributed by atoms with Gasteiger partial charge in [0.2, 0.25) is 0 Å². The van der Waals surface area contributed by atoms with Crippen LogP contribution in [0.1, 0.15) is 5.56 Å². The second kappa shape index (κ2) is 5.78. The highest BCUT2D eigenvalue weighted by Gasteiger charge is 2.23. The van der Waals surface area contributed by atoms with Gasteiger partial charge in [-0.1, -0.05) is 0 Å². The first kappa shape index (κ1) is 14.6. The van der Waals surface area contributed by atoms with Crippen LogP contribution in [0.25, 0.3) is 0 Å². The van der Waals surface area contributed by atoms with Gasteiger partial charge in [0, 0.05) is 17.7 Å². The maximum Gasteiger partial charge on any atom is 0.169 e. The van der Waals surface area contributed by atoms with Crippen molar-refractivity contribution in [2.45, 2.75) is 12.5 Å². The molecule has 3 rings (SSSR count). The van der Waals surface area contributed by atoms with Crippen LogP contribution < -0.4 is 20.3 Å². The number of fused-ring (bicyclic) bond motifs is 1. The van der Waals surface area contributed by atoms with Crippen molar-refractivity contribution in [3.63, 3.8) is 0 Å². The molecule has 1 atom stereocenters. The van der Waals surface area contributed by atoms with Crippen LogP contribution in [0, 0.1) is 5.82 Å². The third-order valence-electron chi connectivity index (χ3n) is 3.41. The quantitative estimate of drug-likeness (QED) is 0.904. The highest BCUT2D eigenvalue weighted by atomic mass is 19.1. The van der Waals surface area contributed by atoms with Crippen LogP contribution in [-0.2, 0) is 6.42 Å². The molecule has 2 aromatic rings. The summed E-state index contributed by atoms with van der Waals surface area (Å²) in [5.74, 6) is 1.20. The minimum Gasteiger partial charge on any atom is -0.493 e. The van der Waals surface area contributed by atoms with E-state index in [1.807, 2.05) is 0 Å². The molecule has 7 heteroatoms. The van der Waals surface area contributed by atoms with E-state index in [1.165, 1.54) is 31.5 Å². The lowest BCUT2D eigenvalue weighted by molar-refractivity contribution is 0.234. The van der Waals surface area contributed by atoms with E-state index in [1.54, 1.807) is 6.07 Å². The standard InChI is InChI=1S/C15H16FN3O3/c1-21-14-6-10(16)2-3-13(14)22-12-5-9-4-11(17)8-19(20)15(9)18-7-12/h2-3,5-7,11,20H,4,8,17H2,1H3/t11-/m0/s1. The molecular weight excluding hydrogens is 289 g/mol. The number of nitrogens with two attached hydrogens (primary N) is 1. The van der Waals surface area contributed by atoms with Gasteiger partial charge in [0.1, 0.15) is 11.6 Å². The average molecular weight is 305 g/mol. The number of anilines is 1. The molecule has 0 aliphatic carbocycles. The van der Waals surface area contributed by atoms with E-state index in [0.717, 1.165) is 10.6 Å². The first-order valence-corrected chi connectivity index (χ1v) is 6.79. The predicted molar refractivity (Wildman–Crippen MR) is 78.1 cm³/mol. The summed E-state index contributed by atoms with van der Waals surface area (Å²) in [6, 6.07) is 5.60. The molecule has 3 N–H and O–H groups in total. The van der Waals surface area contributed by atoms with Crippen molar-refractivity contribution in [1.82, 2.24) is 4.98 Å².